The average Bonchev–Trinajstić information content (AvgIpc) is 3.52. The molecule has 0 radical (unpaired) electrons. The molecule has 0 bridgehead atoms. The molecule has 2 aromatic rings. The van der Waals surface area contributed by atoms with Gasteiger partial charge in [0.25, 0.3) is 5.91 Å². The van der Waals surface area contributed by atoms with Crippen molar-refractivity contribution in [3.05, 3.63) is 41.2 Å². The lowest BCUT2D eigenvalue weighted by Gasteiger charge is -2.30. The molecule has 1 unspecified atom stereocenters. The molecule has 9 heteroatoms. The lowest BCUT2D eigenvalue weighted by Crippen LogP contribution is -2.54. The molecule has 1 aliphatic heterocycles. The molecule has 1 saturated carbocycles. The van der Waals surface area contributed by atoms with Crippen LogP contribution in [-0.4, -0.2) is 51.4 Å². The number of carbonyl (C=O) groups is 2. The highest BCUT2D eigenvalue weighted by atomic mass is 19.2. The number of halogens is 2. The molecule has 0 saturated heterocycles. The Hall–Kier alpha value is -2.81. The Balaban J connectivity index is 1.72. The van der Waals surface area contributed by atoms with Crippen LogP contribution in [0.15, 0.2) is 18.2 Å². The third kappa shape index (κ3) is 4.99. The van der Waals surface area contributed by atoms with Gasteiger partial charge in [-0.2, -0.15) is 0 Å². The summed E-state index contributed by atoms with van der Waals surface area (Å²) in [6, 6.07) is 3.33. The molecular formula is C25H33F2N5O2. The average molecular weight is 474 g/mol. The van der Waals surface area contributed by atoms with E-state index >= 15 is 0 Å². The first-order chi connectivity index (χ1) is 16.0. The summed E-state index contributed by atoms with van der Waals surface area (Å²) in [5.41, 5.74) is 0.781. The smallest absolute Gasteiger partial charge is 0.272 e. The highest BCUT2D eigenvalue weighted by Crippen LogP contribution is 2.29. The number of hydrogen-bond donors (Lipinski definition) is 2. The number of aromatic nitrogens is 2. The molecule has 7 nitrogen and oxygen atoms in total. The number of nitrogens with one attached hydrogen (secondary N) is 2. The van der Waals surface area contributed by atoms with E-state index in [1.54, 1.807) is 0 Å². The normalized spacial score (nSPS) is 19.8. The van der Waals surface area contributed by atoms with Crippen LogP contribution in [0.3, 0.4) is 0 Å². The van der Waals surface area contributed by atoms with E-state index in [0.29, 0.717) is 30.2 Å². The van der Waals surface area contributed by atoms with Crippen LogP contribution >= 0.6 is 0 Å². The number of hydrogen-bond acceptors (Lipinski definition) is 4. The maximum atomic E-state index is 14.0. The number of benzene rings is 1. The lowest BCUT2D eigenvalue weighted by atomic mass is 9.86. The zero-order chi connectivity index (χ0) is 24.8. The zero-order valence-electron chi connectivity index (χ0n) is 20.4. The number of nitrogens with zero attached hydrogens (tertiary/aromatic N) is 3. The fraction of sp³-hybridized carbons (Fsp3) is 0.560. The second kappa shape index (κ2) is 9.09. The van der Waals surface area contributed by atoms with Crippen LogP contribution in [-0.2, 0) is 17.9 Å². The van der Waals surface area contributed by atoms with E-state index in [9.17, 15) is 18.4 Å². The summed E-state index contributed by atoms with van der Waals surface area (Å²) in [5.74, 6) is -2.15. The van der Waals surface area contributed by atoms with Crippen LogP contribution in [0.4, 0.5) is 8.78 Å². The van der Waals surface area contributed by atoms with E-state index in [-0.39, 0.29) is 23.7 Å². The minimum absolute atomic E-state index is 0.174. The highest BCUT2D eigenvalue weighted by Gasteiger charge is 2.37. The van der Waals surface area contributed by atoms with Gasteiger partial charge < -0.3 is 15.2 Å². The van der Waals surface area contributed by atoms with Crippen LogP contribution in [0.5, 0.6) is 0 Å². The van der Waals surface area contributed by atoms with Crippen LogP contribution in [0.2, 0.25) is 0 Å². The second-order valence-electron chi connectivity index (χ2n) is 10.6. The van der Waals surface area contributed by atoms with Crippen molar-refractivity contribution < 1.29 is 18.4 Å². The Labute approximate surface area is 198 Å². The van der Waals surface area contributed by atoms with Gasteiger partial charge in [0.05, 0.1) is 5.69 Å². The first kappa shape index (κ1) is 24.3. The summed E-state index contributed by atoms with van der Waals surface area (Å²) >= 11 is 0. The summed E-state index contributed by atoms with van der Waals surface area (Å²) in [6.07, 6.45) is 2.71. The standard InChI is InChI=1S/C25H33F2N5O2/c1-14-10-11-32-19(13-31(14)5)20(29-22(32)15-6-9-17(26)18(27)12-15)23(33)30-21(25(2,3)4)24(34)28-16-7-8-16/h6,9,12,14,16,21H,7-8,10-11,13H2,1-5H3,(H,28,34)(H,30,33)/t14?,21-/m1/s1. The molecule has 1 aliphatic carbocycles. The van der Waals surface area contributed by atoms with Gasteiger partial charge >= 0.3 is 0 Å². The van der Waals surface area contributed by atoms with Gasteiger partial charge in [0.1, 0.15) is 11.9 Å². The van der Waals surface area contributed by atoms with Crippen molar-refractivity contribution in [2.24, 2.45) is 5.41 Å². The maximum Gasteiger partial charge on any atom is 0.272 e. The molecule has 0 spiro atoms. The summed E-state index contributed by atoms with van der Waals surface area (Å²) in [6.45, 7) is 8.87. The lowest BCUT2D eigenvalue weighted by molar-refractivity contribution is -0.125. The molecule has 1 aromatic heterocycles. The highest BCUT2D eigenvalue weighted by molar-refractivity contribution is 5.98. The number of carbonyl (C=O) groups excluding carboxylic acids is 2. The number of fused-ring (bicyclic) bond motifs is 1. The summed E-state index contributed by atoms with van der Waals surface area (Å²) < 4.78 is 29.5. The minimum Gasteiger partial charge on any atom is -0.352 e. The third-order valence-corrected chi connectivity index (χ3v) is 6.71. The van der Waals surface area contributed by atoms with Gasteiger partial charge in [-0.05, 0) is 56.8 Å². The Morgan fingerprint density at radius 2 is 1.85 bits per heavy atom. The van der Waals surface area contributed by atoms with E-state index in [4.69, 9.17) is 0 Å². The quantitative estimate of drug-likeness (QED) is 0.697. The SMILES string of the molecule is CC1CCn2c(-c3ccc(F)c(F)c3)nc(C(=O)N[C@H](C(=O)NC3CC3)C(C)(C)C)c2CN1C. The fourth-order valence-corrected chi connectivity index (χ4v) is 4.24. The first-order valence-corrected chi connectivity index (χ1v) is 11.8. The van der Waals surface area contributed by atoms with Gasteiger partial charge in [-0.15, -0.1) is 0 Å². The third-order valence-electron chi connectivity index (χ3n) is 6.71. The predicted molar refractivity (Wildman–Crippen MR) is 125 cm³/mol. The van der Waals surface area contributed by atoms with Crippen LogP contribution in [0.25, 0.3) is 11.4 Å². The molecule has 1 aromatic carbocycles. The zero-order valence-corrected chi connectivity index (χ0v) is 20.4. The van der Waals surface area contributed by atoms with Gasteiger partial charge in [0, 0.05) is 30.7 Å². The molecule has 2 aliphatic rings. The van der Waals surface area contributed by atoms with Crippen molar-refractivity contribution >= 4 is 11.8 Å². The van der Waals surface area contributed by atoms with Crippen LogP contribution < -0.4 is 10.6 Å². The van der Waals surface area contributed by atoms with Crippen molar-refractivity contribution in [3.63, 3.8) is 0 Å². The molecule has 184 valence electrons. The van der Waals surface area contributed by atoms with Gasteiger partial charge in [0.2, 0.25) is 5.91 Å². The Morgan fingerprint density at radius 1 is 1.15 bits per heavy atom. The summed E-state index contributed by atoms with van der Waals surface area (Å²) in [4.78, 5) is 33.2. The molecule has 2 atom stereocenters. The van der Waals surface area contributed by atoms with Crippen molar-refractivity contribution in [2.45, 2.75) is 78.2 Å². The van der Waals surface area contributed by atoms with Crippen LogP contribution in [0, 0.1) is 17.0 Å². The van der Waals surface area contributed by atoms with Gasteiger partial charge in [-0.1, -0.05) is 20.8 Å². The van der Waals surface area contributed by atoms with Gasteiger partial charge in [-0.25, -0.2) is 13.8 Å². The van der Waals surface area contributed by atoms with E-state index in [2.05, 4.69) is 27.4 Å². The van der Waals surface area contributed by atoms with Crippen molar-refractivity contribution in [1.29, 1.82) is 0 Å². The monoisotopic (exact) mass is 473 g/mol. The summed E-state index contributed by atoms with van der Waals surface area (Å²) in [7, 11) is 1.98. The molecule has 2 heterocycles. The first-order valence-electron chi connectivity index (χ1n) is 11.8. The van der Waals surface area contributed by atoms with E-state index in [1.807, 2.05) is 32.4 Å². The van der Waals surface area contributed by atoms with Crippen molar-refractivity contribution in [1.82, 2.24) is 25.1 Å². The molecule has 4 rings (SSSR count). The van der Waals surface area contributed by atoms with Crippen molar-refractivity contribution in [3.8, 4) is 11.4 Å². The van der Waals surface area contributed by atoms with Crippen LogP contribution in [0.1, 0.15) is 63.1 Å². The molecule has 2 N–H and O–H groups in total. The topological polar surface area (TPSA) is 79.3 Å². The largest absolute Gasteiger partial charge is 0.352 e. The van der Waals surface area contributed by atoms with E-state index in [1.165, 1.54) is 6.07 Å². The number of amides is 2. The van der Waals surface area contributed by atoms with Gasteiger partial charge in [0.15, 0.2) is 17.3 Å². The number of imidazole rings is 1. The predicted octanol–water partition coefficient (Wildman–Crippen LogP) is 3.48. The molecule has 2 amide bonds. The fourth-order valence-electron chi connectivity index (χ4n) is 4.24. The molecule has 34 heavy (non-hydrogen) atoms. The Bertz CT molecular complexity index is 1100. The maximum absolute atomic E-state index is 14.0. The molecule has 1 fully saturated rings. The Morgan fingerprint density at radius 3 is 2.47 bits per heavy atom. The number of rotatable bonds is 5. The summed E-state index contributed by atoms with van der Waals surface area (Å²) in [5, 5.41) is 5.89. The minimum atomic E-state index is -0.968. The van der Waals surface area contributed by atoms with Gasteiger partial charge in [-0.3, -0.25) is 14.5 Å². The molecular weight excluding hydrogens is 440 g/mol. The van der Waals surface area contributed by atoms with Crippen molar-refractivity contribution in [2.75, 3.05) is 7.05 Å². The van der Waals surface area contributed by atoms with E-state index in [0.717, 1.165) is 31.4 Å². The Kier molecular flexibility index (Phi) is 6.50. The van der Waals surface area contributed by atoms with E-state index < -0.39 is 29.0 Å². The second-order valence-corrected chi connectivity index (χ2v) is 10.6.